The second kappa shape index (κ2) is 3.13. The van der Waals surface area contributed by atoms with E-state index in [1.807, 2.05) is 6.92 Å². The summed E-state index contributed by atoms with van der Waals surface area (Å²) in [5.74, 6) is 1.38. The Morgan fingerprint density at radius 1 is 1.33 bits per heavy atom. The van der Waals surface area contributed by atoms with Gasteiger partial charge in [-0.15, -0.1) is 0 Å². The smallest absolute Gasteiger partial charge is 0.139 e. The summed E-state index contributed by atoms with van der Waals surface area (Å²) in [6, 6.07) is 0. The van der Waals surface area contributed by atoms with Crippen LogP contribution in [0.5, 0.6) is 0 Å². The van der Waals surface area contributed by atoms with E-state index in [0.29, 0.717) is 5.92 Å². The number of hydrogen-bond donors (Lipinski definition) is 0. The zero-order valence-corrected chi connectivity index (χ0v) is 9.20. The van der Waals surface area contributed by atoms with E-state index < -0.39 is 0 Å². The van der Waals surface area contributed by atoms with Crippen molar-refractivity contribution in [2.24, 2.45) is 5.41 Å². The SMILES string of the molecule is Cc1nsc([C@@H](C)C(C)(C)C)n1. The average Bonchev–Trinajstić information content (AvgIpc) is 2.32. The van der Waals surface area contributed by atoms with Gasteiger partial charge in [0.1, 0.15) is 10.8 Å². The van der Waals surface area contributed by atoms with Crippen LogP contribution in [0.15, 0.2) is 0 Å². The van der Waals surface area contributed by atoms with Gasteiger partial charge in [-0.05, 0) is 23.9 Å². The fourth-order valence-corrected chi connectivity index (χ4v) is 1.81. The molecule has 0 amide bonds. The monoisotopic (exact) mass is 184 g/mol. The van der Waals surface area contributed by atoms with Gasteiger partial charge < -0.3 is 0 Å². The van der Waals surface area contributed by atoms with Gasteiger partial charge in [0.2, 0.25) is 0 Å². The molecule has 0 fully saturated rings. The third kappa shape index (κ3) is 2.03. The molecule has 1 atom stereocenters. The van der Waals surface area contributed by atoms with E-state index in [4.69, 9.17) is 0 Å². The Hall–Kier alpha value is -0.440. The van der Waals surface area contributed by atoms with Crippen molar-refractivity contribution in [3.8, 4) is 0 Å². The molecule has 0 unspecified atom stereocenters. The first-order chi connectivity index (χ1) is 5.41. The third-order valence-corrected chi connectivity index (χ3v) is 3.20. The summed E-state index contributed by atoms with van der Waals surface area (Å²) in [5, 5.41) is 1.15. The summed E-state index contributed by atoms with van der Waals surface area (Å²) in [7, 11) is 0. The van der Waals surface area contributed by atoms with Crippen molar-refractivity contribution in [2.45, 2.75) is 40.5 Å². The maximum absolute atomic E-state index is 4.38. The molecule has 68 valence electrons. The Bertz CT molecular complexity index is 260. The molecule has 1 heterocycles. The van der Waals surface area contributed by atoms with E-state index in [1.165, 1.54) is 11.5 Å². The predicted molar refractivity (Wildman–Crippen MR) is 52.5 cm³/mol. The quantitative estimate of drug-likeness (QED) is 0.670. The molecular formula is C9H16N2S. The molecule has 0 bridgehead atoms. The van der Waals surface area contributed by atoms with E-state index in [9.17, 15) is 0 Å². The fraction of sp³-hybridized carbons (Fsp3) is 0.778. The standard InChI is InChI=1S/C9H16N2S/c1-6(9(3,4)5)8-10-7(2)11-12-8/h6H,1-5H3/t6-/m1/s1. The zero-order valence-electron chi connectivity index (χ0n) is 8.38. The van der Waals surface area contributed by atoms with Gasteiger partial charge in [-0.1, -0.05) is 27.7 Å². The summed E-state index contributed by atoms with van der Waals surface area (Å²) in [5.41, 5.74) is 0.284. The molecule has 0 aromatic carbocycles. The lowest BCUT2D eigenvalue weighted by Gasteiger charge is -2.24. The first-order valence-electron chi connectivity index (χ1n) is 4.21. The maximum Gasteiger partial charge on any atom is 0.139 e. The molecule has 0 saturated heterocycles. The van der Waals surface area contributed by atoms with Crippen molar-refractivity contribution in [2.75, 3.05) is 0 Å². The molecule has 0 aliphatic carbocycles. The molecule has 0 spiro atoms. The second-order valence-electron chi connectivity index (χ2n) is 4.27. The van der Waals surface area contributed by atoms with E-state index in [1.54, 1.807) is 0 Å². The van der Waals surface area contributed by atoms with Crippen LogP contribution in [0, 0.1) is 12.3 Å². The van der Waals surface area contributed by atoms with Gasteiger partial charge in [0.15, 0.2) is 0 Å². The van der Waals surface area contributed by atoms with Crippen molar-refractivity contribution in [1.29, 1.82) is 0 Å². The van der Waals surface area contributed by atoms with Crippen molar-refractivity contribution < 1.29 is 0 Å². The summed E-state index contributed by atoms with van der Waals surface area (Å²) < 4.78 is 4.18. The molecule has 0 aliphatic heterocycles. The van der Waals surface area contributed by atoms with Crippen LogP contribution in [0.3, 0.4) is 0 Å². The molecule has 1 aromatic heterocycles. The van der Waals surface area contributed by atoms with Crippen LogP contribution >= 0.6 is 11.5 Å². The van der Waals surface area contributed by atoms with Crippen LogP contribution in [0.1, 0.15) is 44.4 Å². The van der Waals surface area contributed by atoms with Gasteiger partial charge >= 0.3 is 0 Å². The summed E-state index contributed by atoms with van der Waals surface area (Å²) >= 11 is 1.52. The largest absolute Gasteiger partial charge is 0.225 e. The van der Waals surface area contributed by atoms with Crippen LogP contribution in [-0.4, -0.2) is 9.36 Å². The topological polar surface area (TPSA) is 25.8 Å². The Balaban J connectivity index is 2.85. The van der Waals surface area contributed by atoms with Gasteiger partial charge in [-0.25, -0.2) is 4.98 Å². The normalized spacial score (nSPS) is 14.8. The lowest BCUT2D eigenvalue weighted by Crippen LogP contribution is -2.14. The van der Waals surface area contributed by atoms with Crippen molar-refractivity contribution in [3.05, 3.63) is 10.8 Å². The zero-order chi connectivity index (χ0) is 9.35. The first-order valence-corrected chi connectivity index (χ1v) is 4.99. The highest BCUT2D eigenvalue weighted by Gasteiger charge is 2.24. The minimum atomic E-state index is 0.284. The minimum Gasteiger partial charge on any atom is -0.225 e. The lowest BCUT2D eigenvalue weighted by atomic mass is 9.82. The average molecular weight is 184 g/mol. The van der Waals surface area contributed by atoms with Crippen LogP contribution in [0.2, 0.25) is 0 Å². The highest BCUT2D eigenvalue weighted by atomic mass is 32.1. The van der Waals surface area contributed by atoms with Crippen molar-refractivity contribution in [1.82, 2.24) is 9.36 Å². The number of rotatable bonds is 1. The second-order valence-corrected chi connectivity index (χ2v) is 5.05. The molecule has 2 nitrogen and oxygen atoms in total. The van der Waals surface area contributed by atoms with E-state index in [0.717, 1.165) is 10.8 Å². The van der Waals surface area contributed by atoms with Gasteiger partial charge in [0.25, 0.3) is 0 Å². The minimum absolute atomic E-state index is 0.284. The van der Waals surface area contributed by atoms with E-state index >= 15 is 0 Å². The molecule has 1 aromatic rings. The molecule has 0 N–H and O–H groups in total. The molecule has 12 heavy (non-hydrogen) atoms. The number of nitrogens with zero attached hydrogens (tertiary/aromatic N) is 2. The third-order valence-electron chi connectivity index (χ3n) is 2.21. The molecule has 1 rings (SSSR count). The Kier molecular flexibility index (Phi) is 2.52. The van der Waals surface area contributed by atoms with Crippen LogP contribution in [0.4, 0.5) is 0 Å². The number of hydrogen-bond acceptors (Lipinski definition) is 3. The Labute approximate surface area is 78.2 Å². The maximum atomic E-state index is 4.38. The Morgan fingerprint density at radius 3 is 2.25 bits per heavy atom. The molecule has 3 heteroatoms. The van der Waals surface area contributed by atoms with Crippen LogP contribution < -0.4 is 0 Å². The van der Waals surface area contributed by atoms with Gasteiger partial charge in [-0.3, -0.25) is 0 Å². The van der Waals surface area contributed by atoms with Crippen LogP contribution in [-0.2, 0) is 0 Å². The fourth-order valence-electron chi connectivity index (χ4n) is 0.859. The van der Waals surface area contributed by atoms with Crippen LogP contribution in [0.25, 0.3) is 0 Å². The van der Waals surface area contributed by atoms with Crippen molar-refractivity contribution in [3.63, 3.8) is 0 Å². The highest BCUT2D eigenvalue weighted by molar-refractivity contribution is 7.05. The summed E-state index contributed by atoms with van der Waals surface area (Å²) in [6.45, 7) is 10.8. The molecule has 0 saturated carbocycles. The summed E-state index contributed by atoms with van der Waals surface area (Å²) in [6.07, 6.45) is 0. The Morgan fingerprint density at radius 2 is 1.92 bits per heavy atom. The van der Waals surface area contributed by atoms with Gasteiger partial charge in [-0.2, -0.15) is 4.37 Å². The number of aromatic nitrogens is 2. The molecule has 0 aliphatic rings. The molecular weight excluding hydrogens is 168 g/mol. The van der Waals surface area contributed by atoms with E-state index in [2.05, 4.69) is 37.1 Å². The van der Waals surface area contributed by atoms with Gasteiger partial charge in [0, 0.05) is 5.92 Å². The predicted octanol–water partition coefficient (Wildman–Crippen LogP) is 3.00. The summed E-state index contributed by atoms with van der Waals surface area (Å²) in [4.78, 5) is 4.38. The lowest BCUT2D eigenvalue weighted by molar-refractivity contribution is 0.338. The van der Waals surface area contributed by atoms with E-state index in [-0.39, 0.29) is 5.41 Å². The highest BCUT2D eigenvalue weighted by Crippen LogP contribution is 2.34. The number of aryl methyl sites for hydroxylation is 1. The first kappa shape index (κ1) is 9.65. The molecule has 0 radical (unpaired) electrons. The van der Waals surface area contributed by atoms with Gasteiger partial charge in [0.05, 0.1) is 0 Å². The van der Waals surface area contributed by atoms with Crippen molar-refractivity contribution >= 4 is 11.5 Å².